The van der Waals surface area contributed by atoms with E-state index in [1.807, 2.05) is 37.3 Å². The van der Waals surface area contributed by atoms with Gasteiger partial charge in [0.15, 0.2) is 11.5 Å². The van der Waals surface area contributed by atoms with Crippen LogP contribution in [0, 0.1) is 6.92 Å². The summed E-state index contributed by atoms with van der Waals surface area (Å²) in [5, 5.41) is 4.73. The van der Waals surface area contributed by atoms with Gasteiger partial charge in [-0.2, -0.15) is 0 Å². The van der Waals surface area contributed by atoms with E-state index in [0.29, 0.717) is 49.6 Å². The van der Waals surface area contributed by atoms with Gasteiger partial charge in [-0.25, -0.2) is 4.98 Å². The average Bonchev–Trinajstić information content (AvgIpc) is 3.21. The van der Waals surface area contributed by atoms with Crippen LogP contribution in [0.25, 0.3) is 22.2 Å². The van der Waals surface area contributed by atoms with Crippen molar-refractivity contribution in [3.8, 4) is 22.8 Å². The summed E-state index contributed by atoms with van der Waals surface area (Å²) in [5.74, 6) is 1.01. The summed E-state index contributed by atoms with van der Waals surface area (Å²) in [4.78, 5) is 18.2. The summed E-state index contributed by atoms with van der Waals surface area (Å²) in [6, 6.07) is 18.1. The lowest BCUT2D eigenvalue weighted by molar-refractivity contribution is 0.102. The van der Waals surface area contributed by atoms with Crippen LogP contribution in [0.15, 0.2) is 60.7 Å². The molecule has 5 rings (SSSR count). The van der Waals surface area contributed by atoms with Crippen molar-refractivity contribution < 1.29 is 14.3 Å². The maximum absolute atomic E-state index is 13.4. The number of nitrogens with zero attached hydrogens (tertiary/aromatic N) is 1. The Kier molecular flexibility index (Phi) is 4.93. The number of nitrogens with one attached hydrogen (secondary N) is 1. The summed E-state index contributed by atoms with van der Waals surface area (Å²) in [6.07, 6.45) is 0. The van der Waals surface area contributed by atoms with Gasteiger partial charge in [0.05, 0.1) is 21.8 Å². The quantitative estimate of drug-likeness (QED) is 0.386. The molecule has 4 aromatic rings. The monoisotopic (exact) mass is 450 g/mol. The van der Waals surface area contributed by atoms with Crippen molar-refractivity contribution >= 4 is 45.7 Å². The van der Waals surface area contributed by atoms with E-state index in [0.717, 1.165) is 10.9 Å². The van der Waals surface area contributed by atoms with Crippen molar-refractivity contribution in [3.63, 3.8) is 0 Å². The molecule has 0 atom stereocenters. The summed E-state index contributed by atoms with van der Waals surface area (Å²) >= 11 is 12.5. The Labute approximate surface area is 188 Å². The molecule has 1 aromatic heterocycles. The first-order valence-electron chi connectivity index (χ1n) is 9.57. The van der Waals surface area contributed by atoms with Gasteiger partial charge in [0.2, 0.25) is 6.79 Å². The number of ether oxygens (including phenoxy) is 2. The summed E-state index contributed by atoms with van der Waals surface area (Å²) in [5.41, 5.74) is 3.92. The molecule has 0 aliphatic carbocycles. The number of halogens is 2. The zero-order valence-corrected chi connectivity index (χ0v) is 17.9. The fraction of sp³-hybridized carbons (Fsp3) is 0.0833. The maximum atomic E-state index is 13.4. The number of hydrogen-bond donors (Lipinski definition) is 1. The van der Waals surface area contributed by atoms with Gasteiger partial charge in [-0.3, -0.25) is 4.79 Å². The van der Waals surface area contributed by atoms with Crippen molar-refractivity contribution in [2.75, 3.05) is 12.1 Å². The summed E-state index contributed by atoms with van der Waals surface area (Å²) in [7, 11) is 0. The van der Waals surface area contributed by atoms with Crippen LogP contribution in [0.5, 0.6) is 11.5 Å². The number of aromatic nitrogens is 1. The molecule has 0 unspecified atom stereocenters. The smallest absolute Gasteiger partial charge is 0.256 e. The second kappa shape index (κ2) is 7.76. The van der Waals surface area contributed by atoms with Crippen LogP contribution in [-0.2, 0) is 0 Å². The molecule has 7 heteroatoms. The summed E-state index contributed by atoms with van der Waals surface area (Å²) in [6.45, 7) is 2.04. The van der Waals surface area contributed by atoms with Crippen LogP contribution in [0.4, 0.5) is 5.69 Å². The highest BCUT2D eigenvalue weighted by atomic mass is 35.5. The maximum Gasteiger partial charge on any atom is 0.256 e. The van der Waals surface area contributed by atoms with E-state index in [1.54, 1.807) is 30.3 Å². The third kappa shape index (κ3) is 3.56. The SMILES string of the molecule is Cc1c(-c2ccc(Cl)cc2Cl)nc2ccccc2c1C(=O)Nc1ccc2c(c1)OCO2. The number of anilines is 1. The molecule has 0 saturated carbocycles. The fourth-order valence-electron chi connectivity index (χ4n) is 3.71. The van der Waals surface area contributed by atoms with E-state index in [-0.39, 0.29) is 12.7 Å². The molecule has 5 nitrogen and oxygen atoms in total. The number of fused-ring (bicyclic) bond motifs is 2. The van der Waals surface area contributed by atoms with Gasteiger partial charge < -0.3 is 14.8 Å². The lowest BCUT2D eigenvalue weighted by atomic mass is 9.97. The van der Waals surface area contributed by atoms with Gasteiger partial charge in [0, 0.05) is 27.7 Å². The average molecular weight is 451 g/mol. The highest BCUT2D eigenvalue weighted by molar-refractivity contribution is 6.36. The van der Waals surface area contributed by atoms with Gasteiger partial charge in [0.25, 0.3) is 5.91 Å². The molecular weight excluding hydrogens is 435 g/mol. The van der Waals surface area contributed by atoms with Crippen molar-refractivity contribution in [1.82, 2.24) is 4.98 Å². The largest absolute Gasteiger partial charge is 0.454 e. The minimum atomic E-state index is -0.249. The molecule has 154 valence electrons. The molecule has 1 aliphatic rings. The highest BCUT2D eigenvalue weighted by Gasteiger charge is 2.21. The van der Waals surface area contributed by atoms with Crippen LogP contribution >= 0.6 is 23.2 Å². The van der Waals surface area contributed by atoms with Crippen LogP contribution in [0.3, 0.4) is 0 Å². The van der Waals surface area contributed by atoms with Gasteiger partial charge in [-0.05, 0) is 48.9 Å². The number of para-hydroxylation sites is 1. The number of benzene rings is 3. The highest BCUT2D eigenvalue weighted by Crippen LogP contribution is 2.37. The van der Waals surface area contributed by atoms with E-state index in [2.05, 4.69) is 5.32 Å². The van der Waals surface area contributed by atoms with Gasteiger partial charge in [-0.15, -0.1) is 0 Å². The molecule has 1 amide bonds. The van der Waals surface area contributed by atoms with Crippen molar-refractivity contribution in [3.05, 3.63) is 81.8 Å². The molecule has 0 bridgehead atoms. The topological polar surface area (TPSA) is 60.5 Å². The van der Waals surface area contributed by atoms with Crippen molar-refractivity contribution in [1.29, 1.82) is 0 Å². The summed E-state index contributed by atoms with van der Waals surface area (Å²) < 4.78 is 10.8. The lowest BCUT2D eigenvalue weighted by Gasteiger charge is -2.16. The van der Waals surface area contributed by atoms with Gasteiger partial charge in [0.1, 0.15) is 0 Å². The first-order valence-corrected chi connectivity index (χ1v) is 10.3. The second-order valence-electron chi connectivity index (χ2n) is 7.12. The zero-order valence-electron chi connectivity index (χ0n) is 16.4. The Balaban J connectivity index is 1.63. The first kappa shape index (κ1) is 19.7. The normalized spacial score (nSPS) is 12.2. The predicted octanol–water partition coefficient (Wildman–Crippen LogP) is 6.50. The van der Waals surface area contributed by atoms with Crippen LogP contribution < -0.4 is 14.8 Å². The minimum Gasteiger partial charge on any atom is -0.454 e. The lowest BCUT2D eigenvalue weighted by Crippen LogP contribution is -2.15. The standard InChI is InChI=1S/C24H16Cl2N2O3/c1-13-22(24(29)27-15-7-9-20-21(11-15)31-12-30-20)17-4-2-3-5-19(17)28-23(13)16-8-6-14(25)10-18(16)26/h2-11H,12H2,1H3,(H,27,29). The van der Waals surface area contributed by atoms with Crippen molar-refractivity contribution in [2.45, 2.75) is 6.92 Å². The van der Waals surface area contributed by atoms with Crippen LogP contribution in [-0.4, -0.2) is 17.7 Å². The number of carbonyl (C=O) groups excluding carboxylic acids is 1. The van der Waals surface area contributed by atoms with Crippen LogP contribution in [0.2, 0.25) is 10.0 Å². The second-order valence-corrected chi connectivity index (χ2v) is 7.97. The van der Waals surface area contributed by atoms with E-state index in [9.17, 15) is 4.79 Å². The Morgan fingerprint density at radius 2 is 1.81 bits per heavy atom. The molecule has 1 N–H and O–H groups in total. The molecule has 0 spiro atoms. The molecule has 0 saturated heterocycles. The Hall–Kier alpha value is -3.28. The Morgan fingerprint density at radius 3 is 2.65 bits per heavy atom. The first-order chi connectivity index (χ1) is 15.0. The predicted molar refractivity (Wildman–Crippen MR) is 122 cm³/mol. The molecule has 0 fully saturated rings. The number of pyridine rings is 1. The number of amides is 1. The fourth-order valence-corrected chi connectivity index (χ4v) is 4.21. The molecule has 0 radical (unpaired) electrons. The molecule has 31 heavy (non-hydrogen) atoms. The van der Waals surface area contributed by atoms with E-state index >= 15 is 0 Å². The van der Waals surface area contributed by atoms with E-state index in [1.165, 1.54) is 0 Å². The third-order valence-electron chi connectivity index (χ3n) is 5.18. The molecule has 1 aliphatic heterocycles. The third-order valence-corrected chi connectivity index (χ3v) is 5.73. The molecular formula is C24H16Cl2N2O3. The number of hydrogen-bond acceptors (Lipinski definition) is 4. The van der Waals surface area contributed by atoms with Crippen molar-refractivity contribution in [2.24, 2.45) is 0 Å². The zero-order chi connectivity index (χ0) is 21.5. The van der Waals surface area contributed by atoms with Crippen LogP contribution in [0.1, 0.15) is 15.9 Å². The molecule has 3 aromatic carbocycles. The minimum absolute atomic E-state index is 0.173. The molecule has 2 heterocycles. The number of carbonyl (C=O) groups is 1. The van der Waals surface area contributed by atoms with Gasteiger partial charge >= 0.3 is 0 Å². The Bertz CT molecular complexity index is 1350. The Morgan fingerprint density at radius 1 is 1.00 bits per heavy atom. The number of rotatable bonds is 3. The van der Waals surface area contributed by atoms with E-state index < -0.39 is 0 Å². The van der Waals surface area contributed by atoms with E-state index in [4.69, 9.17) is 37.7 Å². The van der Waals surface area contributed by atoms with Gasteiger partial charge in [-0.1, -0.05) is 41.4 Å².